The smallest absolute Gasteiger partial charge is 0.261 e. The molecule has 0 atom stereocenters. The van der Waals surface area contributed by atoms with Crippen molar-refractivity contribution in [1.29, 1.82) is 0 Å². The lowest BCUT2D eigenvalue weighted by molar-refractivity contribution is -0.129. The third kappa shape index (κ3) is 2.43. The lowest BCUT2D eigenvalue weighted by atomic mass is 10.1. The van der Waals surface area contributed by atoms with Crippen LogP contribution in [0.4, 0.5) is 0 Å². The first-order valence-corrected chi connectivity index (χ1v) is 6.66. The standard InChI is InChI=1S/C15H18N2O3/c1-4-16(3)13(18)7-8-17-14(19)11-6-5-10(2)9-12(11)15(17)20/h5-6,9H,4,7-8H2,1-3H3. The molecule has 1 heterocycles. The summed E-state index contributed by atoms with van der Waals surface area (Å²) in [6, 6.07) is 5.20. The minimum absolute atomic E-state index is 0.0692. The van der Waals surface area contributed by atoms with E-state index >= 15 is 0 Å². The largest absolute Gasteiger partial charge is 0.346 e. The molecular weight excluding hydrogens is 256 g/mol. The Morgan fingerprint density at radius 2 is 1.85 bits per heavy atom. The fourth-order valence-corrected chi connectivity index (χ4v) is 2.18. The Hall–Kier alpha value is -2.17. The molecule has 3 amide bonds. The van der Waals surface area contributed by atoms with Gasteiger partial charge in [0, 0.05) is 26.6 Å². The molecule has 5 heteroatoms. The van der Waals surface area contributed by atoms with Gasteiger partial charge in [0.25, 0.3) is 11.8 Å². The van der Waals surface area contributed by atoms with Gasteiger partial charge in [0.15, 0.2) is 0 Å². The van der Waals surface area contributed by atoms with Gasteiger partial charge in [0.05, 0.1) is 11.1 Å². The molecule has 0 spiro atoms. The number of aryl methyl sites for hydroxylation is 1. The maximum absolute atomic E-state index is 12.2. The molecule has 5 nitrogen and oxygen atoms in total. The second-order valence-electron chi connectivity index (χ2n) is 4.97. The second-order valence-corrected chi connectivity index (χ2v) is 4.97. The number of amides is 3. The molecule has 0 aromatic heterocycles. The number of hydrogen-bond acceptors (Lipinski definition) is 3. The quantitative estimate of drug-likeness (QED) is 0.781. The molecule has 0 saturated carbocycles. The molecule has 1 aromatic rings. The minimum atomic E-state index is -0.308. The molecular formula is C15H18N2O3. The molecule has 0 N–H and O–H groups in total. The Balaban J connectivity index is 2.11. The van der Waals surface area contributed by atoms with Crippen molar-refractivity contribution >= 4 is 17.7 Å². The number of hydrogen-bond donors (Lipinski definition) is 0. The highest BCUT2D eigenvalue weighted by Gasteiger charge is 2.35. The van der Waals surface area contributed by atoms with E-state index in [2.05, 4.69) is 0 Å². The third-order valence-corrected chi connectivity index (χ3v) is 3.58. The maximum atomic E-state index is 12.2. The summed E-state index contributed by atoms with van der Waals surface area (Å²) in [4.78, 5) is 38.8. The lowest BCUT2D eigenvalue weighted by Gasteiger charge is -2.17. The van der Waals surface area contributed by atoms with Crippen LogP contribution in [0.15, 0.2) is 18.2 Å². The Morgan fingerprint density at radius 1 is 1.20 bits per heavy atom. The first-order chi connectivity index (χ1) is 9.45. The van der Waals surface area contributed by atoms with E-state index in [0.29, 0.717) is 17.7 Å². The van der Waals surface area contributed by atoms with Crippen molar-refractivity contribution in [3.63, 3.8) is 0 Å². The summed E-state index contributed by atoms with van der Waals surface area (Å²) >= 11 is 0. The predicted molar refractivity (Wildman–Crippen MR) is 74.5 cm³/mol. The number of imide groups is 1. The van der Waals surface area contributed by atoms with Crippen LogP contribution in [0.2, 0.25) is 0 Å². The summed E-state index contributed by atoms with van der Waals surface area (Å²) in [6.07, 6.45) is 0.161. The van der Waals surface area contributed by atoms with Crippen LogP contribution in [-0.4, -0.2) is 47.7 Å². The van der Waals surface area contributed by atoms with Crippen molar-refractivity contribution in [2.45, 2.75) is 20.3 Å². The molecule has 0 bridgehead atoms. The molecule has 0 radical (unpaired) electrons. The van der Waals surface area contributed by atoms with Gasteiger partial charge in [-0.25, -0.2) is 0 Å². The van der Waals surface area contributed by atoms with E-state index in [1.807, 2.05) is 19.9 Å². The van der Waals surface area contributed by atoms with Crippen LogP contribution in [0.5, 0.6) is 0 Å². The van der Waals surface area contributed by atoms with Crippen LogP contribution in [0.1, 0.15) is 39.6 Å². The normalized spacial score (nSPS) is 13.7. The van der Waals surface area contributed by atoms with Crippen molar-refractivity contribution < 1.29 is 14.4 Å². The van der Waals surface area contributed by atoms with Crippen LogP contribution in [0.25, 0.3) is 0 Å². The highest BCUT2D eigenvalue weighted by molar-refractivity contribution is 6.21. The van der Waals surface area contributed by atoms with E-state index in [4.69, 9.17) is 0 Å². The number of rotatable bonds is 4. The van der Waals surface area contributed by atoms with Gasteiger partial charge in [0.2, 0.25) is 5.91 Å². The summed E-state index contributed by atoms with van der Waals surface area (Å²) in [5, 5.41) is 0. The molecule has 106 valence electrons. The van der Waals surface area contributed by atoms with Crippen molar-refractivity contribution in [1.82, 2.24) is 9.80 Å². The van der Waals surface area contributed by atoms with Gasteiger partial charge in [-0.05, 0) is 26.0 Å². The van der Waals surface area contributed by atoms with Crippen molar-refractivity contribution in [2.75, 3.05) is 20.1 Å². The van der Waals surface area contributed by atoms with E-state index in [-0.39, 0.29) is 30.7 Å². The van der Waals surface area contributed by atoms with Gasteiger partial charge in [-0.1, -0.05) is 11.6 Å². The fraction of sp³-hybridized carbons (Fsp3) is 0.400. The van der Waals surface area contributed by atoms with Crippen LogP contribution >= 0.6 is 0 Å². The Morgan fingerprint density at radius 3 is 2.50 bits per heavy atom. The highest BCUT2D eigenvalue weighted by atomic mass is 16.2. The summed E-state index contributed by atoms with van der Waals surface area (Å²) in [5.74, 6) is -0.683. The van der Waals surface area contributed by atoms with E-state index in [1.54, 1.807) is 24.1 Å². The molecule has 1 aliphatic rings. The molecule has 2 rings (SSSR count). The van der Waals surface area contributed by atoms with Crippen LogP contribution in [0, 0.1) is 6.92 Å². The van der Waals surface area contributed by atoms with Crippen LogP contribution in [0.3, 0.4) is 0 Å². The topological polar surface area (TPSA) is 57.7 Å². The minimum Gasteiger partial charge on any atom is -0.346 e. The average Bonchev–Trinajstić information content (AvgIpc) is 2.67. The van der Waals surface area contributed by atoms with Gasteiger partial charge in [-0.3, -0.25) is 19.3 Å². The van der Waals surface area contributed by atoms with Gasteiger partial charge < -0.3 is 4.90 Å². The molecule has 20 heavy (non-hydrogen) atoms. The summed E-state index contributed by atoms with van der Waals surface area (Å²) < 4.78 is 0. The molecule has 0 fully saturated rings. The number of carbonyl (C=O) groups excluding carboxylic acids is 3. The number of carbonyl (C=O) groups is 3. The first-order valence-electron chi connectivity index (χ1n) is 6.66. The van der Waals surface area contributed by atoms with Gasteiger partial charge >= 0.3 is 0 Å². The summed E-state index contributed by atoms with van der Waals surface area (Å²) in [5.41, 5.74) is 1.80. The molecule has 0 saturated heterocycles. The third-order valence-electron chi connectivity index (χ3n) is 3.58. The van der Waals surface area contributed by atoms with Gasteiger partial charge in [0.1, 0.15) is 0 Å². The second kappa shape index (κ2) is 5.45. The molecule has 1 aliphatic heterocycles. The van der Waals surface area contributed by atoms with E-state index in [9.17, 15) is 14.4 Å². The SMILES string of the molecule is CCN(C)C(=O)CCN1C(=O)c2ccc(C)cc2C1=O. The number of fused-ring (bicyclic) bond motifs is 1. The summed E-state index contributed by atoms with van der Waals surface area (Å²) in [6.45, 7) is 4.50. The zero-order valence-corrected chi connectivity index (χ0v) is 12.0. The summed E-state index contributed by atoms with van der Waals surface area (Å²) in [7, 11) is 1.70. The maximum Gasteiger partial charge on any atom is 0.261 e. The fourth-order valence-electron chi connectivity index (χ4n) is 2.18. The Labute approximate surface area is 118 Å². The Bertz CT molecular complexity index is 580. The van der Waals surface area contributed by atoms with Crippen LogP contribution in [-0.2, 0) is 4.79 Å². The first kappa shape index (κ1) is 14.2. The van der Waals surface area contributed by atoms with E-state index in [0.717, 1.165) is 10.5 Å². The van der Waals surface area contributed by atoms with Crippen molar-refractivity contribution in [3.8, 4) is 0 Å². The van der Waals surface area contributed by atoms with E-state index in [1.165, 1.54) is 0 Å². The number of benzene rings is 1. The zero-order valence-electron chi connectivity index (χ0n) is 12.0. The van der Waals surface area contributed by atoms with Gasteiger partial charge in [-0.2, -0.15) is 0 Å². The van der Waals surface area contributed by atoms with Gasteiger partial charge in [-0.15, -0.1) is 0 Å². The van der Waals surface area contributed by atoms with Crippen LogP contribution < -0.4 is 0 Å². The van der Waals surface area contributed by atoms with Crippen molar-refractivity contribution in [3.05, 3.63) is 34.9 Å². The highest BCUT2D eigenvalue weighted by Crippen LogP contribution is 2.23. The number of nitrogens with zero attached hydrogens (tertiary/aromatic N) is 2. The van der Waals surface area contributed by atoms with Crippen molar-refractivity contribution in [2.24, 2.45) is 0 Å². The zero-order chi connectivity index (χ0) is 14.9. The molecule has 0 unspecified atom stereocenters. The molecule has 1 aromatic carbocycles. The monoisotopic (exact) mass is 274 g/mol. The van der Waals surface area contributed by atoms with E-state index < -0.39 is 0 Å². The lowest BCUT2D eigenvalue weighted by Crippen LogP contribution is -2.35. The molecule has 0 aliphatic carbocycles. The average molecular weight is 274 g/mol. The predicted octanol–water partition coefficient (Wildman–Crippen LogP) is 1.46. The Kier molecular flexibility index (Phi) is 3.88.